The summed E-state index contributed by atoms with van der Waals surface area (Å²) in [4.78, 5) is 31.7. The highest BCUT2D eigenvalue weighted by Gasteiger charge is 2.73. The third-order valence-corrected chi connectivity index (χ3v) is 16.6. The van der Waals surface area contributed by atoms with Crippen LogP contribution in [0.2, 0.25) is 0 Å². The molecule has 11 heteroatoms. The third kappa shape index (κ3) is 6.04. The number of carboxylic acids is 1. The van der Waals surface area contributed by atoms with E-state index in [1.54, 1.807) is 7.11 Å². The fourth-order valence-corrected chi connectivity index (χ4v) is 12.5. The van der Waals surface area contributed by atoms with Gasteiger partial charge in [0.15, 0.2) is 0 Å². The summed E-state index contributed by atoms with van der Waals surface area (Å²) < 4.78 is 21.0. The molecular formula is C42H69N5O6. The number of carboxylic acid groups (broad SMARTS) is 1. The number of amides is 1. The normalized spacial score (nSPS) is 41.1. The molecule has 1 saturated heterocycles. The van der Waals surface area contributed by atoms with E-state index in [0.29, 0.717) is 51.7 Å². The average molecular weight is 740 g/mol. The van der Waals surface area contributed by atoms with Crippen LogP contribution < -0.4 is 11.1 Å². The van der Waals surface area contributed by atoms with Gasteiger partial charge in [-0.1, -0.05) is 74.0 Å². The maximum Gasteiger partial charge on any atom is 0.307 e. The molecule has 0 radical (unpaired) electrons. The lowest BCUT2D eigenvalue weighted by Gasteiger charge is -2.71. The monoisotopic (exact) mass is 740 g/mol. The molecule has 1 amide bonds. The highest BCUT2D eigenvalue weighted by molar-refractivity contribution is 5.90. The highest BCUT2D eigenvalue weighted by atomic mass is 16.5. The maximum atomic E-state index is 13.6. The number of hydrogen-bond donors (Lipinski definition) is 3. The summed E-state index contributed by atoms with van der Waals surface area (Å²) in [5.74, 6) is 0.0879. The van der Waals surface area contributed by atoms with Crippen molar-refractivity contribution < 1.29 is 28.9 Å². The lowest BCUT2D eigenvalue weighted by Crippen LogP contribution is -2.70. The van der Waals surface area contributed by atoms with Gasteiger partial charge in [-0.05, 0) is 96.7 Å². The summed E-state index contributed by atoms with van der Waals surface area (Å²) in [5, 5.41) is 18.9. The summed E-state index contributed by atoms with van der Waals surface area (Å²) >= 11 is 0. The largest absolute Gasteiger partial charge is 0.481 e. The number of aromatic nitrogens is 3. The Bertz CT molecular complexity index is 1570. The van der Waals surface area contributed by atoms with E-state index in [-0.39, 0.29) is 57.7 Å². The summed E-state index contributed by atoms with van der Waals surface area (Å²) in [6.45, 7) is 24.6. The molecule has 0 spiro atoms. The molecule has 4 N–H and O–H groups in total. The third-order valence-electron chi connectivity index (χ3n) is 16.6. The zero-order chi connectivity index (χ0) is 38.9. The van der Waals surface area contributed by atoms with Crippen molar-refractivity contribution in [3.05, 3.63) is 23.8 Å². The maximum absolute atomic E-state index is 13.6. The molecule has 2 bridgehead atoms. The van der Waals surface area contributed by atoms with Gasteiger partial charge in [0.25, 0.3) is 5.91 Å². The summed E-state index contributed by atoms with van der Waals surface area (Å²) in [7, 11) is 1.61. The van der Waals surface area contributed by atoms with Crippen molar-refractivity contribution in [2.24, 2.45) is 68.3 Å². The minimum Gasteiger partial charge on any atom is -0.481 e. The van der Waals surface area contributed by atoms with Gasteiger partial charge in [-0.2, -0.15) is 5.10 Å². The molecular weight excluding hydrogens is 670 g/mol. The fourth-order valence-electron chi connectivity index (χ4n) is 12.5. The Hall–Kier alpha value is -2.34. The quantitative estimate of drug-likeness (QED) is 0.160. The molecule has 6 rings (SSSR count). The lowest BCUT2D eigenvalue weighted by molar-refractivity contribution is -0.254. The second-order valence-corrected chi connectivity index (χ2v) is 19.8. The first-order valence-corrected chi connectivity index (χ1v) is 20.3. The second kappa shape index (κ2) is 14.0. The van der Waals surface area contributed by atoms with Crippen molar-refractivity contribution in [1.82, 2.24) is 20.1 Å². The van der Waals surface area contributed by atoms with Crippen LogP contribution in [-0.4, -0.2) is 83.5 Å². The molecule has 1 aliphatic heterocycles. The number of ether oxygens (including phenoxy) is 3. The van der Waals surface area contributed by atoms with E-state index in [1.165, 1.54) is 11.9 Å². The van der Waals surface area contributed by atoms with Crippen LogP contribution in [0.25, 0.3) is 0 Å². The molecule has 4 aliphatic carbocycles. The number of carbonyl (C=O) groups is 2. The number of nitrogens with one attached hydrogen (secondary N) is 1. The number of nitrogens with two attached hydrogens (primary N) is 1. The van der Waals surface area contributed by atoms with Crippen molar-refractivity contribution in [3.63, 3.8) is 0 Å². The van der Waals surface area contributed by atoms with Gasteiger partial charge < -0.3 is 30.4 Å². The van der Waals surface area contributed by atoms with E-state index in [9.17, 15) is 14.7 Å². The van der Waals surface area contributed by atoms with Crippen molar-refractivity contribution in [2.45, 2.75) is 125 Å². The Labute approximate surface area is 317 Å². The molecule has 2 heterocycles. The van der Waals surface area contributed by atoms with Crippen molar-refractivity contribution >= 4 is 11.9 Å². The number of fused-ring (bicyclic) bond motifs is 3. The molecule has 53 heavy (non-hydrogen) atoms. The Morgan fingerprint density at radius 3 is 2.47 bits per heavy atom. The van der Waals surface area contributed by atoms with Crippen LogP contribution in [-0.2, 0) is 19.0 Å². The molecule has 12 atom stereocenters. The van der Waals surface area contributed by atoms with Crippen LogP contribution in [0.3, 0.4) is 0 Å². The van der Waals surface area contributed by atoms with Gasteiger partial charge in [0, 0.05) is 24.6 Å². The zero-order valence-electron chi connectivity index (χ0n) is 34.5. The topological polar surface area (TPSA) is 151 Å². The Kier molecular flexibility index (Phi) is 10.6. The van der Waals surface area contributed by atoms with E-state index in [1.807, 2.05) is 4.68 Å². The van der Waals surface area contributed by atoms with Gasteiger partial charge in [-0.15, -0.1) is 0 Å². The van der Waals surface area contributed by atoms with Crippen molar-refractivity contribution in [3.8, 4) is 0 Å². The number of carbonyl (C=O) groups excluding carboxylic acids is 1. The van der Waals surface area contributed by atoms with Gasteiger partial charge in [0.2, 0.25) is 5.82 Å². The van der Waals surface area contributed by atoms with Gasteiger partial charge in [-0.25, -0.2) is 9.67 Å². The van der Waals surface area contributed by atoms with E-state index in [0.717, 1.165) is 25.7 Å². The van der Waals surface area contributed by atoms with Gasteiger partial charge in [0.05, 0.1) is 44.5 Å². The number of allylic oxidation sites excluding steroid dienone is 1. The molecule has 11 nitrogen and oxygen atoms in total. The summed E-state index contributed by atoms with van der Waals surface area (Å²) in [6, 6.07) is -0.303. The predicted molar refractivity (Wildman–Crippen MR) is 204 cm³/mol. The molecule has 3 saturated carbocycles. The van der Waals surface area contributed by atoms with Crippen LogP contribution in [0.5, 0.6) is 0 Å². The van der Waals surface area contributed by atoms with E-state index in [2.05, 4.69) is 85.6 Å². The van der Waals surface area contributed by atoms with E-state index in [4.69, 9.17) is 25.0 Å². The van der Waals surface area contributed by atoms with Gasteiger partial charge in [-0.3, -0.25) is 9.59 Å². The second-order valence-electron chi connectivity index (χ2n) is 19.8. The number of aliphatic carboxylic acids is 1. The Balaban J connectivity index is 1.51. The summed E-state index contributed by atoms with van der Waals surface area (Å²) in [5.41, 5.74) is 5.98. The van der Waals surface area contributed by atoms with Crippen molar-refractivity contribution in [1.29, 1.82) is 0 Å². The highest BCUT2D eigenvalue weighted by Crippen LogP contribution is 2.75. The molecule has 5 aliphatic rings. The zero-order valence-corrected chi connectivity index (χ0v) is 34.5. The summed E-state index contributed by atoms with van der Waals surface area (Å²) in [6.07, 6.45) is 8.79. The lowest BCUT2D eigenvalue weighted by atomic mass is 9.34. The molecule has 298 valence electrons. The number of rotatable bonds is 12. The molecule has 1 aromatic heterocycles. The van der Waals surface area contributed by atoms with Crippen LogP contribution in [0, 0.1) is 62.6 Å². The smallest absolute Gasteiger partial charge is 0.307 e. The molecule has 0 unspecified atom stereocenters. The SMILES string of the molecule is COCCNC(=O)c1ncnn1[C@@H]1C[C@]2(C)COC[C@@]3(C4=CC[C@@]5(C)[C@H](C(=O)O)[C@@](C)([C@H](C)C(C)C)CC[C@]5(C)[C@H]4CC[C@H]23)[C@H]1OC[C@](C)(N)C(C)C. The standard InChI is InChI=1S/C42H69N5O6/c1-25(2)27(5)38(7)16-17-39(8)28-12-13-31-37(6)20-30(47-34(45-24-46-47)35(48)44-18-19-51-11)33(53-22-41(10,43)26(3)4)42(31,23-52-21-37)29(28)14-15-40(39,9)32(38)36(49)50/h14,24-28,30-33H,12-13,15-23,43H2,1-11H3,(H,44,48)(H,49,50)/t27-,28+,30-,31-,32-,33+,37-,38-,39-,40+,41+,42+/m1/s1. The Morgan fingerprint density at radius 2 is 1.83 bits per heavy atom. The number of nitrogens with zero attached hydrogens (tertiary/aromatic N) is 3. The fraction of sp³-hybridized carbons (Fsp3) is 0.857. The van der Waals surface area contributed by atoms with Crippen LogP contribution in [0.4, 0.5) is 0 Å². The van der Waals surface area contributed by atoms with Crippen LogP contribution in [0.15, 0.2) is 18.0 Å². The number of hydrogen-bond acceptors (Lipinski definition) is 8. The van der Waals surface area contributed by atoms with Crippen molar-refractivity contribution in [2.75, 3.05) is 40.1 Å². The van der Waals surface area contributed by atoms with Gasteiger partial charge in [0.1, 0.15) is 6.33 Å². The molecule has 4 fully saturated rings. The Morgan fingerprint density at radius 1 is 1.11 bits per heavy atom. The minimum atomic E-state index is -0.664. The van der Waals surface area contributed by atoms with Crippen LogP contribution >= 0.6 is 0 Å². The molecule has 1 aromatic rings. The van der Waals surface area contributed by atoms with Gasteiger partial charge >= 0.3 is 5.97 Å². The first-order chi connectivity index (χ1) is 24.7. The first kappa shape index (κ1) is 40.3. The van der Waals surface area contributed by atoms with E-state index >= 15 is 0 Å². The first-order valence-electron chi connectivity index (χ1n) is 20.3. The van der Waals surface area contributed by atoms with E-state index < -0.39 is 34.4 Å². The van der Waals surface area contributed by atoms with Crippen LogP contribution in [0.1, 0.15) is 124 Å². The minimum absolute atomic E-state index is 0.163. The number of methoxy groups -OCH3 is 1. The average Bonchev–Trinajstić information content (AvgIpc) is 3.57. The predicted octanol–water partition coefficient (Wildman–Crippen LogP) is 6.54. The molecule has 0 aromatic carbocycles.